The molecule has 0 atom stereocenters. The van der Waals surface area contributed by atoms with Gasteiger partial charge in [-0.25, -0.2) is 0 Å². The molecule has 2 nitrogen and oxygen atoms in total. The summed E-state index contributed by atoms with van der Waals surface area (Å²) in [5.41, 5.74) is 8.26. The maximum atomic E-state index is 4.66. The van der Waals surface area contributed by atoms with Gasteiger partial charge in [0.05, 0.1) is 22.1 Å². The van der Waals surface area contributed by atoms with E-state index in [0.717, 1.165) is 5.31 Å². The standard InChI is InChI=1S/C48H34N2P.C32H28P.2C24H20P.4CH3.4BrH.2Mn/c1-5-17-35(18-6-1)49-45-27-15-13-25-41(45)43-33-39(29-31-47(43)49)51(37-21-9-3-10-22-37,38-23-11-4-12-24-38)40-30-32-48-44(34-40)42-26-14-16-28-46(42)50(48)36-19-7-2-8-20-36;1-3-4-5-9-17-27(2)33(30-21-12-7-13-22-30,31-23-14-8-15-24-31)32-25-16-20-29(26-32)28-18-10-6-11-19-28;2*1-5-13-21(14-6-1)25(22-15-7-2-8-16-22,23-17-9-3-10-18-23)24-19-11-4-12-20-24;;;;;;;;;;/h1-34H;3-26H,1-2H2;2*1-20H;4*1H3;4*1H;;/q4*+1;4*-1;;;;;;+4/p-4/b;5-4+,17-9+;;;;;;;;;;;;. The van der Waals surface area contributed by atoms with Gasteiger partial charge in [0, 0.05) is 50.0 Å². The summed E-state index contributed by atoms with van der Waals surface area (Å²) in [7, 11) is -8.41. The number of allylic oxidation sites excluding steroid dienone is 6. The first kappa shape index (κ1) is 109. The summed E-state index contributed by atoms with van der Waals surface area (Å²) in [5, 5.41) is 26.5. The third kappa shape index (κ3) is 23.3. The molecular formula is C132H114Br4Mn2N2P4. The molecule has 0 aliphatic heterocycles. The topological polar surface area (TPSA) is 9.86 Å². The first-order valence-electron chi connectivity index (χ1n) is 46.2. The quantitative estimate of drug-likeness (QED) is 0.0277. The van der Waals surface area contributed by atoms with E-state index in [1.165, 1.54) is 146 Å². The van der Waals surface area contributed by atoms with E-state index in [9.17, 15) is 0 Å². The molecule has 0 N–H and O–H groups in total. The van der Waals surface area contributed by atoms with Crippen molar-refractivity contribution >= 4 is 209 Å². The Labute approximate surface area is 896 Å². The van der Waals surface area contributed by atoms with Gasteiger partial charge in [-0.05, 0) is 248 Å². The largest absolute Gasteiger partial charge is 0.358 e. The van der Waals surface area contributed by atoms with Gasteiger partial charge in [-0.1, -0.05) is 371 Å². The summed E-state index contributed by atoms with van der Waals surface area (Å²) in [6, 6.07) is 205. The summed E-state index contributed by atoms with van der Waals surface area (Å²) in [6.07, 6.45) is 9.94. The van der Waals surface area contributed by atoms with Crippen molar-refractivity contribution in [3.8, 4) is 22.5 Å². The minimum absolute atomic E-state index is 0. The molecule has 22 rings (SSSR count). The van der Waals surface area contributed by atoms with Gasteiger partial charge in [-0.15, -0.1) is 0 Å². The molecule has 0 aliphatic carbocycles. The van der Waals surface area contributed by atoms with Gasteiger partial charge in [-0.3, -0.25) is 0 Å². The monoisotopic (exact) mass is 2280 g/mol. The number of fused-ring (bicyclic) bond motifs is 6. The number of hydrogen-bond donors (Lipinski definition) is 0. The number of halogens is 4. The van der Waals surface area contributed by atoms with Crippen LogP contribution < -0.4 is 79.6 Å². The van der Waals surface area contributed by atoms with Crippen LogP contribution in [0.5, 0.6) is 0 Å². The van der Waals surface area contributed by atoms with Gasteiger partial charge >= 0.3 is 62.1 Å². The van der Waals surface area contributed by atoms with Gasteiger partial charge in [0.25, 0.3) is 0 Å². The molecule has 0 bridgehead atoms. The fourth-order valence-electron chi connectivity index (χ4n) is 19.4. The predicted octanol–water partition coefficient (Wildman–Crippen LogP) is 31.8. The Balaban J connectivity index is 0.000000164. The maximum Gasteiger partial charge on any atom is 0.144 e. The maximum absolute atomic E-state index is 4.66. The van der Waals surface area contributed by atoms with Gasteiger partial charge < -0.3 is 38.8 Å². The number of nitrogens with zero attached hydrogens (tertiary/aromatic N) is 2. The molecule has 144 heavy (non-hydrogen) atoms. The molecule has 0 unspecified atom stereocenters. The molecule has 714 valence electrons. The SMILES string of the molecule is C=C/C=C/C=C/C(=C)[P+](c1ccccc1)(c1ccccc1)c1cccc(-c2ccccc2)c1.[Br][Mn]([Br])([Br])[Br].[CH3-].[CH3-].[CH3-].[CH3-].[Mn].c1ccc(-n2c3ccccc3c3cc([P+](c4ccccc4)(c4ccccc4)c4ccc5c(c4)c4ccccc4n5-c4ccccc4)ccc32)cc1.c1ccc([P+](c2ccccc2)(c2ccccc2)c2ccccc2)cc1.c1ccc([P+](c2ccccc2)(c2ccccc2)c2ccccc2)cc1. The van der Waals surface area contributed by atoms with E-state index in [-0.39, 0.29) is 46.8 Å². The van der Waals surface area contributed by atoms with E-state index in [1.807, 2.05) is 12.2 Å². The Bertz CT molecular complexity index is 7110. The van der Waals surface area contributed by atoms with E-state index < -0.39 is 34.7 Å². The normalized spacial score (nSPS) is 11.3. The second-order valence-corrected chi connectivity index (χ2v) is 82.6. The third-order valence-corrected chi connectivity index (χ3v) is 42.3. The van der Waals surface area contributed by atoms with Crippen LogP contribution in [0.1, 0.15) is 0 Å². The zero-order chi connectivity index (χ0) is 95.1. The van der Waals surface area contributed by atoms with Crippen molar-refractivity contribution in [3.05, 3.63) is 643 Å². The van der Waals surface area contributed by atoms with E-state index in [0.29, 0.717) is 0 Å². The molecule has 0 saturated heterocycles. The molecule has 0 amide bonds. The average molecular weight is 2280 g/mol. The van der Waals surface area contributed by atoms with Gasteiger partial charge in [0.15, 0.2) is 0 Å². The Hall–Kier alpha value is -12.4. The van der Waals surface area contributed by atoms with E-state index in [4.69, 9.17) is 0 Å². The van der Waals surface area contributed by atoms with Crippen molar-refractivity contribution in [1.82, 2.24) is 9.13 Å². The molecule has 0 aliphatic rings. The molecule has 2 heterocycles. The minimum Gasteiger partial charge on any atom is -0.358 e. The summed E-state index contributed by atoms with van der Waals surface area (Å²) in [4.78, 5) is 0. The zero-order valence-electron chi connectivity index (χ0n) is 80.9. The van der Waals surface area contributed by atoms with E-state index >= 15 is 0 Å². The number of benzene rings is 20. The second-order valence-electron chi connectivity index (χ2n) is 33.2. The van der Waals surface area contributed by atoms with Gasteiger partial charge in [-0.2, -0.15) is 0 Å². The zero-order valence-corrected chi connectivity index (χ0v) is 93.2. The van der Waals surface area contributed by atoms with Crippen molar-refractivity contribution in [2.45, 2.75) is 0 Å². The molecule has 2 aromatic heterocycles. The summed E-state index contributed by atoms with van der Waals surface area (Å²) < 4.78 is 4.81. The smallest absolute Gasteiger partial charge is 0.144 e. The van der Waals surface area contributed by atoms with Crippen LogP contribution in [0.2, 0.25) is 0 Å². The Morgan fingerprint density at radius 2 is 0.424 bits per heavy atom. The van der Waals surface area contributed by atoms with E-state index in [2.05, 4.69) is 655 Å². The Kier molecular flexibility index (Phi) is 39.3. The Morgan fingerprint density at radius 1 is 0.208 bits per heavy atom. The summed E-state index contributed by atoms with van der Waals surface area (Å²) in [6.45, 7) is 8.43. The summed E-state index contributed by atoms with van der Waals surface area (Å²) >= 11 is 13.1. The van der Waals surface area contributed by atoms with Crippen LogP contribution in [-0.4, -0.2) is 9.13 Å². The van der Waals surface area contributed by atoms with Crippen molar-refractivity contribution in [2.75, 3.05) is 0 Å². The van der Waals surface area contributed by atoms with Crippen LogP contribution in [0.25, 0.3) is 66.1 Å². The predicted molar refractivity (Wildman–Crippen MR) is 652 cm³/mol. The fourth-order valence-corrected chi connectivity index (χ4v) is 36.3. The number of para-hydroxylation sites is 4. The van der Waals surface area contributed by atoms with Crippen molar-refractivity contribution in [1.29, 1.82) is 0 Å². The van der Waals surface area contributed by atoms with Crippen LogP contribution in [0, 0.1) is 29.7 Å². The van der Waals surface area contributed by atoms with Crippen LogP contribution in [0.3, 0.4) is 0 Å². The van der Waals surface area contributed by atoms with Gasteiger partial charge in [0.2, 0.25) is 0 Å². The number of aromatic nitrogens is 2. The molecular weight excluding hydrogens is 2170 g/mol. The summed E-state index contributed by atoms with van der Waals surface area (Å²) in [5.74, 6) is 0. The third-order valence-electron chi connectivity index (χ3n) is 25.3. The average Bonchev–Trinajstić information content (AvgIpc) is 1.49. The molecule has 12 heteroatoms. The second kappa shape index (κ2) is 51.9. The first-order valence-corrected chi connectivity index (χ1v) is 65.1. The Morgan fingerprint density at radius 3 is 0.694 bits per heavy atom. The number of rotatable bonds is 22. The van der Waals surface area contributed by atoms with Crippen molar-refractivity contribution in [2.24, 2.45) is 0 Å². The fraction of sp³-hybridized carbons (Fsp3) is 0. The first-order chi connectivity index (χ1) is 68.4. The van der Waals surface area contributed by atoms with Crippen LogP contribution in [0.4, 0.5) is 0 Å². The van der Waals surface area contributed by atoms with Crippen LogP contribution in [-0.2, 0) is 22.7 Å². The molecule has 20 aromatic carbocycles. The van der Waals surface area contributed by atoms with Crippen molar-refractivity contribution in [3.63, 3.8) is 0 Å². The van der Waals surface area contributed by atoms with Crippen LogP contribution >= 0.6 is 85.5 Å². The van der Waals surface area contributed by atoms with E-state index in [1.54, 1.807) is 6.08 Å². The molecule has 0 saturated carbocycles. The minimum atomic E-state index is -2.41. The van der Waals surface area contributed by atoms with Crippen LogP contribution in [0.15, 0.2) is 613 Å². The van der Waals surface area contributed by atoms with Crippen molar-refractivity contribution < 1.29 is 22.7 Å². The molecule has 0 spiro atoms. The molecule has 22 aromatic rings. The van der Waals surface area contributed by atoms with Gasteiger partial charge in [0.1, 0.15) is 114 Å². The molecule has 0 fully saturated rings. The number of hydrogen-bond acceptors (Lipinski definition) is 0. The molecule has 1 radical (unpaired) electrons.